The van der Waals surface area contributed by atoms with Gasteiger partial charge in [-0.3, -0.25) is 4.90 Å². The van der Waals surface area contributed by atoms with Gasteiger partial charge in [-0.05, 0) is 56.4 Å². The number of piperazine rings is 1. The van der Waals surface area contributed by atoms with E-state index in [0.29, 0.717) is 19.4 Å². The van der Waals surface area contributed by atoms with E-state index in [2.05, 4.69) is 21.0 Å². The summed E-state index contributed by atoms with van der Waals surface area (Å²) in [5, 5.41) is -0.149. The van der Waals surface area contributed by atoms with Crippen LogP contribution in [0.1, 0.15) is 61.5 Å². The molecule has 56 heavy (non-hydrogen) atoms. The normalized spacial score (nSPS) is 23.7. The summed E-state index contributed by atoms with van der Waals surface area (Å²) in [6, 6.07) is -0.607. The van der Waals surface area contributed by atoms with Crippen molar-refractivity contribution in [3.63, 3.8) is 0 Å². The Morgan fingerprint density at radius 1 is 1.14 bits per heavy atom. The number of pyridine rings is 1. The maximum Gasteiger partial charge on any atom is 0.518 e. The lowest BCUT2D eigenvalue weighted by Gasteiger charge is -2.46. The Morgan fingerprint density at radius 2 is 1.93 bits per heavy atom. The van der Waals surface area contributed by atoms with Gasteiger partial charge < -0.3 is 33.8 Å². The summed E-state index contributed by atoms with van der Waals surface area (Å²) < 4.78 is 114. The van der Waals surface area contributed by atoms with Gasteiger partial charge in [0.25, 0.3) is 0 Å². The molecule has 0 saturated carbocycles. The minimum atomic E-state index is -5.08. The van der Waals surface area contributed by atoms with Crippen molar-refractivity contribution in [2.75, 3.05) is 43.4 Å². The van der Waals surface area contributed by atoms with Crippen LogP contribution in [0.3, 0.4) is 0 Å². The zero-order valence-corrected chi connectivity index (χ0v) is 30.3. The average molecular weight is 790 g/mol. The number of benzene rings is 1. The van der Waals surface area contributed by atoms with Gasteiger partial charge in [0.1, 0.15) is 42.0 Å². The summed E-state index contributed by atoms with van der Waals surface area (Å²) in [4.78, 5) is 42.9. The molecule has 0 radical (unpaired) electrons. The van der Waals surface area contributed by atoms with Crippen molar-refractivity contribution in [1.29, 1.82) is 0 Å². The van der Waals surface area contributed by atoms with E-state index in [4.69, 9.17) is 24.6 Å². The molecule has 2 N–H and O–H groups in total. The predicted molar refractivity (Wildman–Crippen MR) is 188 cm³/mol. The first-order valence-corrected chi connectivity index (χ1v) is 18.1. The molecule has 4 aliphatic heterocycles. The van der Waals surface area contributed by atoms with Crippen molar-refractivity contribution in [2.45, 2.75) is 82.5 Å². The van der Waals surface area contributed by atoms with Crippen LogP contribution in [0.15, 0.2) is 32.5 Å². The molecule has 0 bridgehead atoms. The van der Waals surface area contributed by atoms with E-state index >= 15 is 8.78 Å². The maximum absolute atomic E-state index is 17.1. The van der Waals surface area contributed by atoms with Gasteiger partial charge in [0.2, 0.25) is 0 Å². The summed E-state index contributed by atoms with van der Waals surface area (Å²) in [6.45, 7) is 7.52. The number of rotatable bonds is 7. The van der Waals surface area contributed by atoms with Crippen molar-refractivity contribution in [3.8, 4) is 17.3 Å². The second-order valence-electron chi connectivity index (χ2n) is 14.8. The first-order chi connectivity index (χ1) is 26.6. The summed E-state index contributed by atoms with van der Waals surface area (Å²) in [5.74, 6) is -4.18. The van der Waals surface area contributed by atoms with Gasteiger partial charge in [0, 0.05) is 31.6 Å². The fourth-order valence-electron chi connectivity index (χ4n) is 8.86. The molecule has 3 saturated heterocycles. The Hall–Kier alpha value is -5.33. The largest absolute Gasteiger partial charge is 0.518 e. The highest BCUT2D eigenvalue weighted by atomic mass is 19.4. The third kappa shape index (κ3) is 6.28. The van der Waals surface area contributed by atoms with E-state index in [0.717, 1.165) is 25.7 Å². The van der Waals surface area contributed by atoms with Crippen LogP contribution < -0.4 is 21.2 Å². The Balaban J connectivity index is 1.27. The van der Waals surface area contributed by atoms with Crippen molar-refractivity contribution in [2.24, 2.45) is 0 Å². The maximum atomic E-state index is 17.1. The van der Waals surface area contributed by atoms with Crippen LogP contribution in [-0.4, -0.2) is 87.4 Å². The molecule has 1 amide bonds. The van der Waals surface area contributed by atoms with Crippen LogP contribution in [0.4, 0.5) is 42.8 Å². The molecular formula is C37H37F6N7O6. The van der Waals surface area contributed by atoms with E-state index in [-0.39, 0.29) is 73.2 Å². The van der Waals surface area contributed by atoms with Crippen molar-refractivity contribution in [3.05, 3.63) is 63.6 Å². The van der Waals surface area contributed by atoms with E-state index in [9.17, 15) is 27.2 Å². The number of hydrogen-bond acceptors (Lipinski definition) is 12. The number of halogens is 6. The van der Waals surface area contributed by atoms with Crippen molar-refractivity contribution < 1.29 is 49.4 Å². The summed E-state index contributed by atoms with van der Waals surface area (Å²) in [5.41, 5.74) is 0.458. The van der Waals surface area contributed by atoms with E-state index in [1.54, 1.807) is 4.90 Å². The van der Waals surface area contributed by atoms with Crippen molar-refractivity contribution >= 4 is 34.2 Å². The van der Waals surface area contributed by atoms with Gasteiger partial charge in [0.05, 0.1) is 39.8 Å². The number of nitrogens with zero attached hydrogens (tertiary/aromatic N) is 6. The highest BCUT2D eigenvalue weighted by Gasteiger charge is 2.50. The number of amides is 1. The van der Waals surface area contributed by atoms with Gasteiger partial charge in [-0.1, -0.05) is 13.5 Å². The molecule has 3 fully saturated rings. The Kier molecular flexibility index (Phi) is 9.20. The predicted octanol–water partition coefficient (Wildman–Crippen LogP) is 6.40. The molecule has 0 spiro atoms. The van der Waals surface area contributed by atoms with Gasteiger partial charge >= 0.3 is 24.1 Å². The molecule has 7 heterocycles. The van der Waals surface area contributed by atoms with Crippen molar-refractivity contribution in [1.82, 2.24) is 24.8 Å². The summed E-state index contributed by atoms with van der Waals surface area (Å²) >= 11 is 0. The number of anilines is 2. The molecule has 8 rings (SSSR count). The quantitative estimate of drug-likeness (QED) is 0.206. The average Bonchev–Trinajstić information content (AvgIpc) is 3.79. The molecular weight excluding hydrogens is 752 g/mol. The number of nitrogen functional groups attached to an aromatic ring is 1. The van der Waals surface area contributed by atoms with Gasteiger partial charge in [-0.15, -0.1) is 0 Å². The van der Waals surface area contributed by atoms with E-state index in [1.807, 2.05) is 11.8 Å². The Labute approximate surface area is 315 Å². The zero-order chi connectivity index (χ0) is 39.8. The monoisotopic (exact) mass is 789 g/mol. The minimum Gasteiger partial charge on any atom is -0.461 e. The molecule has 13 nitrogen and oxygen atoms in total. The minimum absolute atomic E-state index is 0.0166. The summed E-state index contributed by atoms with van der Waals surface area (Å²) in [7, 11) is 0. The van der Waals surface area contributed by atoms with Crippen LogP contribution in [0.5, 0.6) is 6.01 Å². The highest BCUT2D eigenvalue weighted by Crippen LogP contribution is 2.49. The van der Waals surface area contributed by atoms with Gasteiger partial charge in [-0.25, -0.2) is 27.7 Å². The lowest BCUT2D eigenvalue weighted by molar-refractivity contribution is -0.137. The molecule has 0 aliphatic carbocycles. The fraction of sp³-hybridized carbons (Fsp3) is 0.486. The Morgan fingerprint density at radius 3 is 2.64 bits per heavy atom. The smallest absolute Gasteiger partial charge is 0.461 e. The standard InChI is InChI=1S/C37H37F6N7O6/c1-4-20-12-49-21(13-50(20)34(51)53-14-22-15-54-35(52)56-22)8-17(2)24-25-31(29(40)26(28(24)39)30-27(37(41,42)43)18(3)9-23(44)45-30)46-33(47-32(25)49)55-16-36-6-5-7-48(36)11-19(38)10-36/h9,15,19-21H,2,4-8,10-14,16H2,1,3H3,(H2,44,45)/t19-,20-,21-,36+/m1/s1. The first-order valence-electron chi connectivity index (χ1n) is 18.1. The second-order valence-corrected chi connectivity index (χ2v) is 14.8. The molecule has 19 heteroatoms. The zero-order valence-electron chi connectivity index (χ0n) is 30.3. The lowest BCUT2D eigenvalue weighted by Crippen LogP contribution is -2.60. The van der Waals surface area contributed by atoms with E-state index < -0.39 is 93.8 Å². The highest BCUT2D eigenvalue weighted by molar-refractivity contribution is 6.04. The number of hydrogen-bond donors (Lipinski definition) is 1. The number of aryl methyl sites for hydroxylation is 1. The third-order valence-electron chi connectivity index (χ3n) is 11.3. The number of fused-ring (bicyclic) bond motifs is 3. The number of ether oxygens (including phenoxy) is 2. The first kappa shape index (κ1) is 37.6. The second kappa shape index (κ2) is 13.7. The van der Waals surface area contributed by atoms with Crippen LogP contribution in [0.25, 0.3) is 27.7 Å². The summed E-state index contributed by atoms with van der Waals surface area (Å²) in [6.07, 6.45) is -3.91. The molecule has 3 aromatic heterocycles. The molecule has 298 valence electrons. The number of carbonyl (C=O) groups excluding carboxylic acids is 1. The van der Waals surface area contributed by atoms with Crippen LogP contribution >= 0.6 is 0 Å². The number of aromatic nitrogens is 3. The van der Waals surface area contributed by atoms with Gasteiger partial charge in [-0.2, -0.15) is 23.1 Å². The fourth-order valence-corrected chi connectivity index (χ4v) is 8.86. The lowest BCUT2D eigenvalue weighted by atomic mass is 9.91. The molecule has 0 unspecified atom stereocenters. The third-order valence-corrected chi connectivity index (χ3v) is 11.3. The van der Waals surface area contributed by atoms with Crippen LogP contribution in [-0.2, 0) is 17.5 Å². The SMILES string of the molecule is C=C1C[C@@H]2CN(C(=O)OCc3coc(=O)o3)[C@H](CC)CN2c2nc(OC[C@@]34CCCN3C[C@H](F)C4)nc3c(F)c(-c4nc(N)cc(C)c4C(F)(F)F)c(F)c1c23. The van der Waals surface area contributed by atoms with Gasteiger partial charge in [0.15, 0.2) is 18.2 Å². The number of alkyl halides is 4. The van der Waals surface area contributed by atoms with Crippen LogP contribution in [0, 0.1) is 18.6 Å². The molecule has 4 aliphatic rings. The molecule has 1 aromatic carbocycles. The number of carbonyl (C=O) groups is 1. The van der Waals surface area contributed by atoms with E-state index in [1.165, 1.54) is 4.90 Å². The number of nitrogens with two attached hydrogens (primary N) is 1. The molecule has 4 atom stereocenters. The Bertz CT molecular complexity index is 2320. The topological polar surface area (TPSA) is 153 Å². The van der Waals surface area contributed by atoms with Crippen LogP contribution in [0.2, 0.25) is 0 Å². The molecule has 4 aromatic rings.